The summed E-state index contributed by atoms with van der Waals surface area (Å²) in [7, 11) is 1.70. The van der Waals surface area contributed by atoms with Crippen LogP contribution in [0.2, 0.25) is 0 Å². The molecule has 5 N–H and O–H groups in total. The van der Waals surface area contributed by atoms with Crippen LogP contribution in [0.3, 0.4) is 0 Å². The highest BCUT2D eigenvalue weighted by atomic mass is 16.5. The van der Waals surface area contributed by atoms with E-state index in [0.717, 1.165) is 64.5 Å². The number of piperidine rings is 1. The van der Waals surface area contributed by atoms with Crippen molar-refractivity contribution >= 4 is 28.7 Å². The maximum Gasteiger partial charge on any atom is 0.340 e. The standard InChI is InChI=1S/C29H31N9O/c1-39-16-23-27(18-11-20-7-8-21(12-18)37(20)15-19-13-26(30)36-35-19)34-29-22(14-32-38(29)28(23)31)25-10-9-24(33-25)17-5-3-2-4-6-17/h2-6,9-10,13-14,18,20-21H,7-8,11-12,15-16H2,1H3,(H4,30,31,32,33,34,35,36)/p+1. The summed E-state index contributed by atoms with van der Waals surface area (Å²) in [5.41, 5.74) is 20.1. The van der Waals surface area contributed by atoms with Crippen LogP contribution in [0.15, 0.2) is 54.7 Å². The number of H-pyrrole nitrogens is 1. The number of nitrogens with one attached hydrogen (secondary N) is 1. The second kappa shape index (κ2) is 9.50. The molecule has 4 aromatic rings. The summed E-state index contributed by atoms with van der Waals surface area (Å²) in [6.45, 7) is 1.24. The van der Waals surface area contributed by atoms with Crippen molar-refractivity contribution in [2.24, 2.45) is 0 Å². The molecule has 0 spiro atoms. The molecule has 10 heteroatoms. The molecule has 1 aromatic carbocycles. The molecule has 0 aliphatic carbocycles. The van der Waals surface area contributed by atoms with E-state index in [0.29, 0.717) is 36.2 Å². The van der Waals surface area contributed by atoms with E-state index in [-0.39, 0.29) is 0 Å². The van der Waals surface area contributed by atoms with Gasteiger partial charge in [0.05, 0.1) is 29.8 Å². The molecule has 0 radical (unpaired) electrons. The summed E-state index contributed by atoms with van der Waals surface area (Å²) in [5.74, 6) is 1.41. The van der Waals surface area contributed by atoms with Crippen LogP contribution in [0.1, 0.15) is 59.7 Å². The number of aromatic amines is 1. The van der Waals surface area contributed by atoms with Gasteiger partial charge in [0.2, 0.25) is 0 Å². The molecule has 6 heterocycles. The average molecular weight is 523 g/mol. The summed E-state index contributed by atoms with van der Waals surface area (Å²) in [6.07, 6.45) is 10.3. The minimum atomic E-state index is 0.290. The molecule has 3 aromatic heterocycles. The lowest BCUT2D eigenvalue weighted by molar-refractivity contribution is 0.114. The highest BCUT2D eigenvalue weighted by molar-refractivity contribution is 6.23. The molecule has 2 atom stereocenters. The summed E-state index contributed by atoms with van der Waals surface area (Å²) >= 11 is 0. The Morgan fingerprint density at radius 3 is 2.56 bits per heavy atom. The van der Waals surface area contributed by atoms with E-state index in [1.54, 1.807) is 11.6 Å². The number of nitrogens with zero attached hydrogens (tertiary/aromatic N) is 6. The van der Waals surface area contributed by atoms with Crippen LogP contribution in [-0.2, 0) is 17.9 Å². The number of allylic oxidation sites excluding steroid dienone is 2. The molecule has 2 fully saturated rings. The Balaban J connectivity index is 1.25. The van der Waals surface area contributed by atoms with E-state index in [1.165, 1.54) is 12.8 Å². The first-order valence-electron chi connectivity index (χ1n) is 13.5. The van der Waals surface area contributed by atoms with E-state index in [9.17, 15) is 0 Å². The Hall–Kier alpha value is -4.24. The van der Waals surface area contributed by atoms with Crippen molar-refractivity contribution in [1.29, 1.82) is 0 Å². The van der Waals surface area contributed by atoms with Crippen molar-refractivity contribution < 1.29 is 4.74 Å². The zero-order chi connectivity index (χ0) is 26.5. The number of ether oxygens (including phenoxy) is 1. The number of hydrogen-bond donors (Lipinski definition) is 3. The third kappa shape index (κ3) is 4.13. The van der Waals surface area contributed by atoms with Gasteiger partial charge in [-0.05, 0) is 37.8 Å². The quantitative estimate of drug-likeness (QED) is 0.317. The van der Waals surface area contributed by atoms with Gasteiger partial charge in [-0.15, -0.1) is 0 Å². The molecule has 3 aliphatic rings. The SMILES string of the molecule is COCc1c(C2CC3CCC(C2)N3Cc2cc(N)n[nH]2)nc2c(C3=[N+]=C(c4ccccc4)C=C3)cnn2c1N. The lowest BCUT2D eigenvalue weighted by Crippen LogP contribution is -2.42. The first kappa shape index (κ1) is 23.8. The molecule has 0 amide bonds. The molecule has 3 aliphatic heterocycles. The number of anilines is 2. The van der Waals surface area contributed by atoms with Gasteiger partial charge in [0.15, 0.2) is 5.65 Å². The van der Waals surface area contributed by atoms with Gasteiger partial charge in [0.1, 0.15) is 17.2 Å². The Bertz CT molecular complexity index is 1630. The molecule has 7 rings (SSSR count). The van der Waals surface area contributed by atoms with Crippen molar-refractivity contribution in [3.8, 4) is 0 Å². The van der Waals surface area contributed by atoms with Crippen molar-refractivity contribution in [2.75, 3.05) is 18.6 Å². The molecule has 10 nitrogen and oxygen atoms in total. The maximum atomic E-state index is 6.74. The predicted octanol–water partition coefficient (Wildman–Crippen LogP) is 2.59. The number of benzene rings is 1. The zero-order valence-corrected chi connectivity index (χ0v) is 21.9. The van der Waals surface area contributed by atoms with Crippen molar-refractivity contribution in [2.45, 2.75) is 56.8 Å². The summed E-state index contributed by atoms with van der Waals surface area (Å²) in [5, 5.41) is 11.8. The number of fused-ring (bicyclic) bond motifs is 3. The number of nitrogen functional groups attached to an aromatic ring is 2. The monoisotopic (exact) mass is 522 g/mol. The molecular weight excluding hydrogens is 490 g/mol. The number of rotatable bonds is 7. The average Bonchev–Trinajstić information content (AvgIpc) is 3.73. The van der Waals surface area contributed by atoms with Gasteiger partial charge in [0, 0.05) is 55.4 Å². The minimum absolute atomic E-state index is 0.290. The fourth-order valence-corrected chi connectivity index (χ4v) is 6.57. The largest absolute Gasteiger partial charge is 0.383 e. The van der Waals surface area contributed by atoms with Gasteiger partial charge >= 0.3 is 11.4 Å². The van der Waals surface area contributed by atoms with E-state index < -0.39 is 0 Å². The van der Waals surface area contributed by atoms with E-state index in [4.69, 9.17) is 25.9 Å². The van der Waals surface area contributed by atoms with Gasteiger partial charge in [-0.25, -0.2) is 4.98 Å². The highest BCUT2D eigenvalue weighted by Crippen LogP contribution is 2.44. The van der Waals surface area contributed by atoms with Crippen LogP contribution >= 0.6 is 0 Å². The van der Waals surface area contributed by atoms with Gasteiger partial charge in [-0.2, -0.15) is 14.7 Å². The molecule has 0 saturated carbocycles. The predicted molar refractivity (Wildman–Crippen MR) is 151 cm³/mol. The van der Waals surface area contributed by atoms with E-state index >= 15 is 0 Å². The minimum Gasteiger partial charge on any atom is -0.383 e. The summed E-state index contributed by atoms with van der Waals surface area (Å²) < 4.78 is 12.2. The first-order chi connectivity index (χ1) is 19.1. The fraction of sp³-hybridized carbons (Fsp3) is 0.345. The Morgan fingerprint density at radius 2 is 1.85 bits per heavy atom. The van der Waals surface area contributed by atoms with Gasteiger partial charge < -0.3 is 16.2 Å². The zero-order valence-electron chi connectivity index (χ0n) is 21.9. The smallest absolute Gasteiger partial charge is 0.340 e. The van der Waals surface area contributed by atoms with Gasteiger partial charge in [0.25, 0.3) is 0 Å². The lowest BCUT2D eigenvalue weighted by Gasteiger charge is -2.39. The lowest BCUT2D eigenvalue weighted by atomic mass is 9.86. The number of methoxy groups -OCH3 is 1. The number of nitrogens with two attached hydrogens (primary N) is 2. The molecule has 2 unspecified atom stereocenters. The summed E-state index contributed by atoms with van der Waals surface area (Å²) in [4.78, 5) is 7.86. The van der Waals surface area contributed by atoms with Crippen molar-refractivity contribution in [3.63, 3.8) is 0 Å². The maximum absolute atomic E-state index is 6.74. The van der Waals surface area contributed by atoms with Crippen LogP contribution in [0.4, 0.5) is 11.6 Å². The van der Waals surface area contributed by atoms with E-state index in [2.05, 4.69) is 32.3 Å². The van der Waals surface area contributed by atoms with Gasteiger partial charge in [-0.3, -0.25) is 10.00 Å². The Kier molecular flexibility index (Phi) is 5.81. The third-order valence-electron chi connectivity index (χ3n) is 8.37. The number of hydrogen-bond acceptors (Lipinski definition) is 7. The molecule has 2 saturated heterocycles. The number of aromatic nitrogens is 5. The molecule has 2 bridgehead atoms. The normalized spacial score (nSPS) is 22.5. The molecular formula is C29H32N9O+. The second-order valence-electron chi connectivity index (χ2n) is 10.7. The van der Waals surface area contributed by atoms with Crippen LogP contribution in [0.25, 0.3) is 5.65 Å². The van der Waals surface area contributed by atoms with Crippen LogP contribution in [-0.4, -0.2) is 60.3 Å². The van der Waals surface area contributed by atoms with Crippen LogP contribution in [0, 0.1) is 0 Å². The first-order valence-corrected chi connectivity index (χ1v) is 13.5. The van der Waals surface area contributed by atoms with Crippen LogP contribution < -0.4 is 16.1 Å². The highest BCUT2D eigenvalue weighted by Gasteiger charge is 2.42. The van der Waals surface area contributed by atoms with Gasteiger partial charge in [-0.1, -0.05) is 22.9 Å². The third-order valence-corrected chi connectivity index (χ3v) is 8.37. The molecule has 39 heavy (non-hydrogen) atoms. The molecule has 198 valence electrons. The fourth-order valence-electron chi connectivity index (χ4n) is 6.57. The Labute approximate surface area is 226 Å². The summed E-state index contributed by atoms with van der Waals surface area (Å²) in [6, 6.07) is 13.1. The van der Waals surface area contributed by atoms with Crippen molar-refractivity contribution in [1.82, 2.24) is 34.4 Å². The topological polar surface area (TPSA) is 137 Å². The van der Waals surface area contributed by atoms with Crippen molar-refractivity contribution in [3.05, 3.63) is 82.8 Å². The second-order valence-corrected chi connectivity index (χ2v) is 10.7. The Morgan fingerprint density at radius 1 is 1.08 bits per heavy atom. The van der Waals surface area contributed by atoms with Crippen LogP contribution in [0.5, 0.6) is 0 Å². The van der Waals surface area contributed by atoms with E-state index in [1.807, 2.05) is 42.6 Å².